The van der Waals surface area contributed by atoms with E-state index in [9.17, 15) is 4.39 Å². The second kappa shape index (κ2) is 11.3. The van der Waals surface area contributed by atoms with Gasteiger partial charge in [0.2, 0.25) is 0 Å². The number of ether oxygens (including phenoxy) is 2. The van der Waals surface area contributed by atoms with Crippen LogP contribution in [0.4, 0.5) is 4.39 Å². The number of halogens is 2. The van der Waals surface area contributed by atoms with Gasteiger partial charge in [-0.2, -0.15) is 0 Å². The molecule has 2 N–H and O–H groups in total. The first-order valence-electron chi connectivity index (χ1n) is 11.1. The van der Waals surface area contributed by atoms with Gasteiger partial charge in [-0.25, -0.2) is 9.37 Å². The summed E-state index contributed by atoms with van der Waals surface area (Å²) >= 11 is 3.65. The second-order valence-electron chi connectivity index (χ2n) is 7.72. The number of benzene rings is 3. The summed E-state index contributed by atoms with van der Waals surface area (Å²) in [4.78, 5) is 8.00. The average Bonchev–Trinajstić information content (AvgIpc) is 3.23. The van der Waals surface area contributed by atoms with Gasteiger partial charge in [-0.3, -0.25) is 0 Å². The fourth-order valence-corrected chi connectivity index (χ4v) is 4.03. The zero-order chi connectivity index (χ0) is 23.0. The third kappa shape index (κ3) is 6.33. The maximum Gasteiger partial charge on any atom is 0.162 e. The van der Waals surface area contributed by atoms with Crippen LogP contribution in [0.2, 0.25) is 0 Å². The third-order valence-electron chi connectivity index (χ3n) is 5.24. The molecule has 0 saturated heterocycles. The Morgan fingerprint density at radius 2 is 1.82 bits per heavy atom. The van der Waals surface area contributed by atoms with Crippen LogP contribution in [0.3, 0.4) is 0 Å². The van der Waals surface area contributed by atoms with E-state index in [0.29, 0.717) is 31.3 Å². The molecule has 33 heavy (non-hydrogen) atoms. The smallest absolute Gasteiger partial charge is 0.162 e. The molecule has 0 amide bonds. The highest BCUT2D eigenvalue weighted by molar-refractivity contribution is 9.10. The van der Waals surface area contributed by atoms with Crippen LogP contribution in [0.15, 0.2) is 65.1 Å². The van der Waals surface area contributed by atoms with Gasteiger partial charge in [0.1, 0.15) is 18.2 Å². The maximum atomic E-state index is 13.1. The molecule has 0 spiro atoms. The quantitative estimate of drug-likeness (QED) is 0.236. The van der Waals surface area contributed by atoms with Crippen LogP contribution in [-0.4, -0.2) is 23.1 Å². The summed E-state index contributed by atoms with van der Waals surface area (Å²) in [5.74, 6) is 2.11. The molecule has 7 heteroatoms. The van der Waals surface area contributed by atoms with Gasteiger partial charge < -0.3 is 19.8 Å². The van der Waals surface area contributed by atoms with E-state index in [-0.39, 0.29) is 5.82 Å². The summed E-state index contributed by atoms with van der Waals surface area (Å²) in [7, 11) is 0. The minimum Gasteiger partial charge on any atom is -0.490 e. The fourth-order valence-electron chi connectivity index (χ4n) is 3.56. The predicted octanol–water partition coefficient (Wildman–Crippen LogP) is 6.16. The molecule has 0 bridgehead atoms. The molecule has 1 heterocycles. The Morgan fingerprint density at radius 1 is 1.03 bits per heavy atom. The van der Waals surface area contributed by atoms with Crippen LogP contribution >= 0.6 is 15.9 Å². The first-order chi connectivity index (χ1) is 16.1. The summed E-state index contributed by atoms with van der Waals surface area (Å²) in [6, 6.07) is 18.3. The molecule has 0 aliphatic carbocycles. The molecular formula is C26H27BrFN3O2. The topological polar surface area (TPSA) is 59.2 Å². The van der Waals surface area contributed by atoms with Gasteiger partial charge in [0.15, 0.2) is 11.5 Å². The van der Waals surface area contributed by atoms with Crippen LogP contribution in [0, 0.1) is 5.82 Å². The van der Waals surface area contributed by atoms with Crippen molar-refractivity contribution in [2.45, 2.75) is 32.9 Å². The minimum atomic E-state index is -0.258. The Bertz CT molecular complexity index is 1160. The molecule has 0 unspecified atom stereocenters. The number of hydrogen-bond acceptors (Lipinski definition) is 4. The average molecular weight is 512 g/mol. The van der Waals surface area contributed by atoms with Gasteiger partial charge in [-0.05, 0) is 67.4 Å². The number of aromatic amines is 1. The number of nitrogens with one attached hydrogen (secondary N) is 2. The van der Waals surface area contributed by atoms with Crippen molar-refractivity contribution in [3.63, 3.8) is 0 Å². The Labute approximate surface area is 201 Å². The van der Waals surface area contributed by atoms with Crippen LogP contribution in [0.25, 0.3) is 11.0 Å². The highest BCUT2D eigenvalue weighted by Gasteiger charge is 2.11. The summed E-state index contributed by atoms with van der Waals surface area (Å²) in [5, 5.41) is 3.49. The molecule has 0 aliphatic rings. The molecular weight excluding hydrogens is 485 g/mol. The lowest BCUT2D eigenvalue weighted by molar-refractivity contribution is 0.268. The van der Waals surface area contributed by atoms with Gasteiger partial charge in [0, 0.05) is 17.4 Å². The number of H-pyrrole nitrogens is 1. The second-order valence-corrected chi connectivity index (χ2v) is 8.57. The van der Waals surface area contributed by atoms with E-state index in [1.807, 2.05) is 43.3 Å². The molecule has 3 aromatic carbocycles. The van der Waals surface area contributed by atoms with Gasteiger partial charge in [-0.15, -0.1) is 0 Å². The highest BCUT2D eigenvalue weighted by atomic mass is 79.9. The largest absolute Gasteiger partial charge is 0.490 e. The predicted molar refractivity (Wildman–Crippen MR) is 132 cm³/mol. The molecule has 0 saturated carbocycles. The summed E-state index contributed by atoms with van der Waals surface area (Å²) in [6.45, 7) is 4.40. The van der Waals surface area contributed by atoms with Gasteiger partial charge in [0.05, 0.1) is 17.6 Å². The van der Waals surface area contributed by atoms with Crippen molar-refractivity contribution < 1.29 is 13.9 Å². The molecule has 1 aromatic heterocycles. The molecule has 0 radical (unpaired) electrons. The monoisotopic (exact) mass is 511 g/mol. The van der Waals surface area contributed by atoms with E-state index in [4.69, 9.17) is 9.47 Å². The van der Waals surface area contributed by atoms with Crippen molar-refractivity contribution in [3.8, 4) is 11.5 Å². The number of para-hydroxylation sites is 2. The standard InChI is InChI=1S/C26H27BrFN3O2/c1-2-32-24-14-19(21(27)15-25(24)33-17-18-9-11-20(28)12-10-18)16-29-13-5-8-26-30-22-6-3-4-7-23(22)31-26/h3-4,6-7,9-12,14-15,29H,2,5,8,13,16-17H2,1H3,(H,30,31). The van der Waals surface area contributed by atoms with E-state index < -0.39 is 0 Å². The van der Waals surface area contributed by atoms with Crippen molar-refractivity contribution >= 4 is 27.0 Å². The number of hydrogen-bond donors (Lipinski definition) is 2. The van der Waals surface area contributed by atoms with Crippen LogP contribution < -0.4 is 14.8 Å². The molecule has 0 atom stereocenters. The lowest BCUT2D eigenvalue weighted by Crippen LogP contribution is -2.16. The van der Waals surface area contributed by atoms with Crippen molar-refractivity contribution in [1.29, 1.82) is 0 Å². The van der Waals surface area contributed by atoms with Crippen molar-refractivity contribution in [3.05, 3.63) is 87.9 Å². The first kappa shape index (κ1) is 23.3. The zero-order valence-corrected chi connectivity index (χ0v) is 20.1. The van der Waals surface area contributed by atoms with Gasteiger partial charge in [0.25, 0.3) is 0 Å². The lowest BCUT2D eigenvalue weighted by atomic mass is 10.2. The zero-order valence-electron chi connectivity index (χ0n) is 18.5. The molecule has 0 fully saturated rings. The van der Waals surface area contributed by atoms with E-state index in [1.165, 1.54) is 12.1 Å². The molecule has 172 valence electrons. The minimum absolute atomic E-state index is 0.258. The van der Waals surface area contributed by atoms with E-state index in [2.05, 4.69) is 31.2 Å². The number of aryl methyl sites for hydroxylation is 1. The highest BCUT2D eigenvalue weighted by Crippen LogP contribution is 2.34. The fraction of sp³-hybridized carbons (Fsp3) is 0.269. The Hall–Kier alpha value is -2.90. The van der Waals surface area contributed by atoms with Crippen LogP contribution in [0.1, 0.15) is 30.3 Å². The third-order valence-corrected chi connectivity index (χ3v) is 5.98. The van der Waals surface area contributed by atoms with E-state index in [1.54, 1.807) is 12.1 Å². The summed E-state index contributed by atoms with van der Waals surface area (Å²) in [6.07, 6.45) is 1.87. The Kier molecular flexibility index (Phi) is 7.96. The number of nitrogens with zero attached hydrogens (tertiary/aromatic N) is 1. The van der Waals surface area contributed by atoms with Crippen molar-refractivity contribution in [2.24, 2.45) is 0 Å². The van der Waals surface area contributed by atoms with Crippen LogP contribution in [0.5, 0.6) is 11.5 Å². The van der Waals surface area contributed by atoms with Crippen LogP contribution in [-0.2, 0) is 19.6 Å². The number of imidazole rings is 1. The van der Waals surface area contributed by atoms with Crippen molar-refractivity contribution in [1.82, 2.24) is 15.3 Å². The normalized spacial score (nSPS) is 11.1. The number of rotatable bonds is 11. The van der Waals surface area contributed by atoms with Gasteiger partial charge in [-0.1, -0.05) is 40.2 Å². The molecule has 4 aromatic rings. The summed E-state index contributed by atoms with van der Waals surface area (Å²) < 4.78 is 25.8. The molecule has 4 rings (SSSR count). The van der Waals surface area contributed by atoms with Crippen molar-refractivity contribution in [2.75, 3.05) is 13.2 Å². The Balaban J connectivity index is 1.31. The molecule has 5 nitrogen and oxygen atoms in total. The number of aromatic nitrogens is 2. The van der Waals surface area contributed by atoms with Gasteiger partial charge >= 0.3 is 0 Å². The molecule has 0 aliphatic heterocycles. The lowest BCUT2D eigenvalue weighted by Gasteiger charge is -2.15. The SMILES string of the molecule is CCOc1cc(CNCCCc2nc3ccccc3[nH]2)c(Br)cc1OCc1ccc(F)cc1. The van der Waals surface area contributed by atoms with E-state index >= 15 is 0 Å². The van der Waals surface area contributed by atoms with E-state index in [0.717, 1.165) is 51.8 Å². The maximum absolute atomic E-state index is 13.1. The first-order valence-corrected chi connectivity index (χ1v) is 11.9. The Morgan fingerprint density at radius 3 is 2.61 bits per heavy atom. The number of fused-ring (bicyclic) bond motifs is 1. The summed E-state index contributed by atoms with van der Waals surface area (Å²) in [5.41, 5.74) is 4.07.